The summed E-state index contributed by atoms with van der Waals surface area (Å²) in [6.45, 7) is 2.02. The molecule has 19 heavy (non-hydrogen) atoms. The second-order valence-electron chi connectivity index (χ2n) is 4.71. The van der Waals surface area contributed by atoms with Gasteiger partial charge >= 0.3 is 0 Å². The second-order valence-corrected chi connectivity index (χ2v) is 4.71. The fourth-order valence-corrected chi connectivity index (χ4v) is 2.26. The average molecular weight is 250 g/mol. The summed E-state index contributed by atoms with van der Waals surface area (Å²) in [5.41, 5.74) is 3.09. The van der Waals surface area contributed by atoms with E-state index in [-0.39, 0.29) is 5.56 Å². The molecule has 0 saturated heterocycles. The van der Waals surface area contributed by atoms with Crippen LogP contribution in [0, 0.1) is 6.92 Å². The Hall–Kier alpha value is -2.42. The first kappa shape index (κ1) is 11.7. The quantitative estimate of drug-likeness (QED) is 0.760. The molecule has 1 heterocycles. The van der Waals surface area contributed by atoms with Crippen molar-refractivity contribution in [3.63, 3.8) is 0 Å². The van der Waals surface area contributed by atoms with Gasteiger partial charge in [-0.3, -0.25) is 4.79 Å². The second kappa shape index (κ2) is 4.69. The Morgan fingerprint density at radius 2 is 1.84 bits per heavy atom. The van der Waals surface area contributed by atoms with Crippen molar-refractivity contribution in [2.45, 2.75) is 13.3 Å². The van der Waals surface area contributed by atoms with Crippen molar-refractivity contribution >= 4 is 10.8 Å². The standard InChI is InChI=1S/C16H14N2O/c1-11-7-8-13-14(9-11)15(17-18-16(13)19)10-12-5-3-2-4-6-12/h2-9H,10H2,1H3,(H,18,19). The molecule has 3 aromatic rings. The molecule has 2 aromatic carbocycles. The highest BCUT2D eigenvalue weighted by molar-refractivity contribution is 5.84. The number of nitrogens with zero attached hydrogens (tertiary/aromatic N) is 1. The maximum Gasteiger partial charge on any atom is 0.272 e. The minimum absolute atomic E-state index is 0.133. The minimum Gasteiger partial charge on any atom is -0.267 e. The predicted octanol–water partition coefficient (Wildman–Crippen LogP) is 2.82. The number of fused-ring (bicyclic) bond motifs is 1. The first-order valence-electron chi connectivity index (χ1n) is 6.26. The van der Waals surface area contributed by atoms with E-state index in [1.54, 1.807) is 0 Å². The Labute approximate surface area is 110 Å². The molecule has 0 amide bonds. The van der Waals surface area contributed by atoms with Crippen molar-refractivity contribution in [3.8, 4) is 0 Å². The molecule has 3 nitrogen and oxygen atoms in total. The third kappa shape index (κ3) is 2.27. The number of aromatic amines is 1. The summed E-state index contributed by atoms with van der Waals surface area (Å²) in [5, 5.41) is 8.42. The molecule has 3 heteroatoms. The Kier molecular flexibility index (Phi) is 2.88. The van der Waals surface area contributed by atoms with Crippen LogP contribution in [-0.2, 0) is 6.42 Å². The molecule has 0 bridgehead atoms. The third-order valence-electron chi connectivity index (χ3n) is 3.24. The van der Waals surface area contributed by atoms with E-state index in [1.165, 1.54) is 5.56 Å². The zero-order valence-electron chi connectivity index (χ0n) is 10.7. The summed E-state index contributed by atoms with van der Waals surface area (Å²) in [6.07, 6.45) is 0.720. The van der Waals surface area contributed by atoms with Crippen LogP contribution in [-0.4, -0.2) is 10.2 Å². The molecule has 0 saturated carbocycles. The van der Waals surface area contributed by atoms with Gasteiger partial charge in [0.15, 0.2) is 0 Å². The highest BCUT2D eigenvalue weighted by Gasteiger charge is 2.07. The van der Waals surface area contributed by atoms with Crippen LogP contribution >= 0.6 is 0 Å². The zero-order valence-corrected chi connectivity index (χ0v) is 10.7. The lowest BCUT2D eigenvalue weighted by atomic mass is 10.0. The van der Waals surface area contributed by atoms with Crippen molar-refractivity contribution in [3.05, 3.63) is 75.7 Å². The smallest absolute Gasteiger partial charge is 0.267 e. The molecule has 3 rings (SSSR count). The van der Waals surface area contributed by atoms with Crippen LogP contribution in [0.25, 0.3) is 10.8 Å². The van der Waals surface area contributed by atoms with Crippen LogP contribution in [0.2, 0.25) is 0 Å². The molecule has 0 fully saturated rings. The van der Waals surface area contributed by atoms with Gasteiger partial charge in [-0.1, -0.05) is 42.0 Å². The number of H-pyrrole nitrogens is 1. The normalized spacial score (nSPS) is 10.8. The van der Waals surface area contributed by atoms with Crippen molar-refractivity contribution in [1.82, 2.24) is 10.2 Å². The van der Waals surface area contributed by atoms with Crippen molar-refractivity contribution in [1.29, 1.82) is 0 Å². The minimum atomic E-state index is -0.133. The fraction of sp³-hybridized carbons (Fsp3) is 0.125. The van der Waals surface area contributed by atoms with Crippen LogP contribution in [0.1, 0.15) is 16.8 Å². The van der Waals surface area contributed by atoms with Gasteiger partial charge in [-0.25, -0.2) is 5.10 Å². The van der Waals surface area contributed by atoms with Gasteiger partial charge in [0.1, 0.15) is 0 Å². The third-order valence-corrected chi connectivity index (χ3v) is 3.24. The molecule has 0 spiro atoms. The number of benzene rings is 2. The summed E-state index contributed by atoms with van der Waals surface area (Å²) in [5.74, 6) is 0. The molecule has 1 N–H and O–H groups in total. The largest absolute Gasteiger partial charge is 0.272 e. The van der Waals surface area contributed by atoms with E-state index in [4.69, 9.17) is 0 Å². The molecule has 0 atom stereocenters. The summed E-state index contributed by atoms with van der Waals surface area (Å²) in [6, 6.07) is 16.0. The number of hydrogen-bond acceptors (Lipinski definition) is 2. The molecule has 94 valence electrons. The van der Waals surface area contributed by atoms with Crippen LogP contribution in [0.3, 0.4) is 0 Å². The van der Waals surface area contributed by atoms with Crippen LogP contribution in [0.15, 0.2) is 53.3 Å². The topological polar surface area (TPSA) is 45.8 Å². The SMILES string of the molecule is Cc1ccc2c(=O)[nH]nc(Cc3ccccc3)c2c1. The summed E-state index contributed by atoms with van der Waals surface area (Å²) < 4.78 is 0. The van der Waals surface area contributed by atoms with Gasteiger partial charge in [0.25, 0.3) is 5.56 Å². The summed E-state index contributed by atoms with van der Waals surface area (Å²) in [4.78, 5) is 11.8. The lowest BCUT2D eigenvalue weighted by Crippen LogP contribution is -2.11. The van der Waals surface area contributed by atoms with Gasteiger partial charge in [0.2, 0.25) is 0 Å². The van der Waals surface area contributed by atoms with E-state index in [0.717, 1.165) is 23.1 Å². The van der Waals surface area contributed by atoms with Gasteiger partial charge in [-0.2, -0.15) is 5.10 Å². The van der Waals surface area contributed by atoms with E-state index in [9.17, 15) is 4.79 Å². The lowest BCUT2D eigenvalue weighted by molar-refractivity contribution is 0.934. The Balaban J connectivity index is 2.16. The predicted molar refractivity (Wildman–Crippen MR) is 76.3 cm³/mol. The Morgan fingerprint density at radius 1 is 1.05 bits per heavy atom. The number of hydrogen-bond donors (Lipinski definition) is 1. The van der Waals surface area contributed by atoms with Crippen molar-refractivity contribution < 1.29 is 0 Å². The monoisotopic (exact) mass is 250 g/mol. The van der Waals surface area contributed by atoms with E-state index < -0.39 is 0 Å². The number of aryl methyl sites for hydroxylation is 1. The average Bonchev–Trinajstić information content (AvgIpc) is 2.43. The Morgan fingerprint density at radius 3 is 2.63 bits per heavy atom. The molecular formula is C16H14N2O. The van der Waals surface area contributed by atoms with Crippen molar-refractivity contribution in [2.24, 2.45) is 0 Å². The maximum absolute atomic E-state index is 11.8. The molecule has 0 unspecified atom stereocenters. The maximum atomic E-state index is 11.8. The lowest BCUT2D eigenvalue weighted by Gasteiger charge is -2.06. The number of nitrogens with one attached hydrogen (secondary N) is 1. The van der Waals surface area contributed by atoms with Crippen LogP contribution in [0.4, 0.5) is 0 Å². The van der Waals surface area contributed by atoms with Crippen LogP contribution < -0.4 is 5.56 Å². The fourth-order valence-electron chi connectivity index (χ4n) is 2.26. The summed E-state index contributed by atoms with van der Waals surface area (Å²) >= 11 is 0. The van der Waals surface area contributed by atoms with Gasteiger partial charge in [-0.05, 0) is 24.6 Å². The van der Waals surface area contributed by atoms with Gasteiger partial charge in [-0.15, -0.1) is 0 Å². The van der Waals surface area contributed by atoms with E-state index in [1.807, 2.05) is 43.3 Å². The van der Waals surface area contributed by atoms with E-state index in [2.05, 4.69) is 22.3 Å². The van der Waals surface area contributed by atoms with E-state index in [0.29, 0.717) is 5.39 Å². The summed E-state index contributed by atoms with van der Waals surface area (Å²) in [7, 11) is 0. The Bertz CT molecular complexity index is 776. The van der Waals surface area contributed by atoms with E-state index >= 15 is 0 Å². The molecule has 0 aliphatic rings. The molecule has 0 aliphatic heterocycles. The molecule has 1 aromatic heterocycles. The highest BCUT2D eigenvalue weighted by atomic mass is 16.1. The molecule has 0 radical (unpaired) electrons. The highest BCUT2D eigenvalue weighted by Crippen LogP contribution is 2.17. The van der Waals surface area contributed by atoms with Gasteiger partial charge in [0, 0.05) is 11.8 Å². The number of rotatable bonds is 2. The van der Waals surface area contributed by atoms with Gasteiger partial charge < -0.3 is 0 Å². The zero-order chi connectivity index (χ0) is 13.2. The van der Waals surface area contributed by atoms with Crippen LogP contribution in [0.5, 0.6) is 0 Å². The molecule has 0 aliphatic carbocycles. The first-order valence-corrected chi connectivity index (χ1v) is 6.26. The van der Waals surface area contributed by atoms with Gasteiger partial charge in [0.05, 0.1) is 11.1 Å². The molecular weight excluding hydrogens is 236 g/mol. The van der Waals surface area contributed by atoms with Crippen molar-refractivity contribution in [2.75, 3.05) is 0 Å². The number of aromatic nitrogens is 2. The first-order chi connectivity index (χ1) is 9.24.